The number of halogens is 2. The predicted octanol–water partition coefficient (Wildman–Crippen LogP) is 3.31. The van der Waals surface area contributed by atoms with Gasteiger partial charge in [0.2, 0.25) is 0 Å². The molecule has 1 aromatic heterocycles. The Hall–Kier alpha value is -1.68. The van der Waals surface area contributed by atoms with Crippen molar-refractivity contribution in [3.63, 3.8) is 0 Å². The number of rotatable bonds is 4. The Labute approximate surface area is 110 Å². The number of nitrogens with zero attached hydrogens (tertiary/aromatic N) is 2. The van der Waals surface area contributed by atoms with Gasteiger partial charge in [0, 0.05) is 6.04 Å². The SMILES string of the molecule is CC(Cc1ccccc1F)Nc1ncncc1Cl. The molecule has 1 N–H and O–H groups in total. The molecule has 18 heavy (non-hydrogen) atoms. The maximum Gasteiger partial charge on any atom is 0.148 e. The largest absolute Gasteiger partial charge is 0.366 e. The molecule has 0 spiro atoms. The lowest BCUT2D eigenvalue weighted by Crippen LogP contribution is -2.19. The summed E-state index contributed by atoms with van der Waals surface area (Å²) >= 11 is 5.94. The van der Waals surface area contributed by atoms with Crippen LogP contribution in [0.25, 0.3) is 0 Å². The summed E-state index contributed by atoms with van der Waals surface area (Å²) in [6.45, 7) is 1.95. The molecule has 1 unspecified atom stereocenters. The average Bonchev–Trinajstić information content (AvgIpc) is 2.35. The van der Waals surface area contributed by atoms with Crippen LogP contribution in [0.5, 0.6) is 0 Å². The van der Waals surface area contributed by atoms with Crippen molar-refractivity contribution >= 4 is 17.4 Å². The molecule has 1 aromatic carbocycles. The van der Waals surface area contributed by atoms with E-state index in [-0.39, 0.29) is 11.9 Å². The zero-order chi connectivity index (χ0) is 13.0. The van der Waals surface area contributed by atoms with Crippen molar-refractivity contribution in [2.45, 2.75) is 19.4 Å². The van der Waals surface area contributed by atoms with Crippen LogP contribution < -0.4 is 5.32 Å². The molecule has 0 saturated carbocycles. The molecule has 0 aliphatic heterocycles. The zero-order valence-corrected chi connectivity index (χ0v) is 10.7. The fraction of sp³-hybridized carbons (Fsp3) is 0.231. The second kappa shape index (κ2) is 5.78. The Kier molecular flexibility index (Phi) is 4.10. The number of aromatic nitrogens is 2. The van der Waals surface area contributed by atoms with Gasteiger partial charge in [0.1, 0.15) is 23.0 Å². The minimum Gasteiger partial charge on any atom is -0.366 e. The van der Waals surface area contributed by atoms with Crippen LogP contribution in [-0.4, -0.2) is 16.0 Å². The van der Waals surface area contributed by atoms with E-state index in [4.69, 9.17) is 11.6 Å². The minimum absolute atomic E-state index is 0.0225. The number of hydrogen-bond acceptors (Lipinski definition) is 3. The molecule has 0 amide bonds. The first kappa shape index (κ1) is 12.8. The average molecular weight is 266 g/mol. The second-order valence-electron chi connectivity index (χ2n) is 4.06. The Morgan fingerprint density at radius 3 is 2.89 bits per heavy atom. The van der Waals surface area contributed by atoms with Gasteiger partial charge in [-0.3, -0.25) is 0 Å². The van der Waals surface area contributed by atoms with Crippen LogP contribution in [0.4, 0.5) is 10.2 Å². The van der Waals surface area contributed by atoms with E-state index in [2.05, 4.69) is 15.3 Å². The topological polar surface area (TPSA) is 37.8 Å². The molecule has 2 rings (SSSR count). The third-order valence-electron chi connectivity index (χ3n) is 2.53. The molecule has 1 atom stereocenters. The highest BCUT2D eigenvalue weighted by Crippen LogP contribution is 2.18. The summed E-state index contributed by atoms with van der Waals surface area (Å²) in [5.74, 6) is 0.371. The minimum atomic E-state index is -0.195. The molecule has 3 nitrogen and oxygen atoms in total. The Morgan fingerprint density at radius 2 is 2.17 bits per heavy atom. The molecule has 94 valence electrons. The van der Waals surface area contributed by atoms with Gasteiger partial charge in [-0.05, 0) is 25.0 Å². The lowest BCUT2D eigenvalue weighted by Gasteiger charge is -2.15. The van der Waals surface area contributed by atoms with Crippen LogP contribution >= 0.6 is 11.6 Å². The molecule has 2 aromatic rings. The van der Waals surface area contributed by atoms with Crippen molar-refractivity contribution in [1.29, 1.82) is 0 Å². The lowest BCUT2D eigenvalue weighted by atomic mass is 10.1. The van der Waals surface area contributed by atoms with Crippen molar-refractivity contribution in [3.8, 4) is 0 Å². The normalized spacial score (nSPS) is 12.2. The molecular formula is C13H13ClFN3. The Balaban J connectivity index is 2.04. The van der Waals surface area contributed by atoms with Gasteiger partial charge in [-0.25, -0.2) is 14.4 Å². The van der Waals surface area contributed by atoms with E-state index < -0.39 is 0 Å². The summed E-state index contributed by atoms with van der Waals surface area (Å²) in [4.78, 5) is 7.84. The summed E-state index contributed by atoms with van der Waals surface area (Å²) in [5.41, 5.74) is 0.669. The van der Waals surface area contributed by atoms with E-state index in [9.17, 15) is 4.39 Å². The van der Waals surface area contributed by atoms with Gasteiger partial charge in [0.15, 0.2) is 0 Å². The van der Waals surface area contributed by atoms with Crippen LogP contribution in [0.2, 0.25) is 5.02 Å². The summed E-state index contributed by atoms with van der Waals surface area (Å²) < 4.78 is 13.5. The quantitative estimate of drug-likeness (QED) is 0.922. The highest BCUT2D eigenvalue weighted by Gasteiger charge is 2.09. The van der Waals surface area contributed by atoms with Crippen LogP contribution in [0, 0.1) is 5.82 Å². The van der Waals surface area contributed by atoms with E-state index in [1.54, 1.807) is 12.1 Å². The zero-order valence-electron chi connectivity index (χ0n) is 9.90. The van der Waals surface area contributed by atoms with Crippen molar-refractivity contribution in [3.05, 3.63) is 53.2 Å². The predicted molar refractivity (Wildman–Crippen MR) is 70.2 cm³/mol. The number of anilines is 1. The second-order valence-corrected chi connectivity index (χ2v) is 4.47. The van der Waals surface area contributed by atoms with Gasteiger partial charge in [-0.2, -0.15) is 0 Å². The summed E-state index contributed by atoms with van der Waals surface area (Å²) in [6, 6.07) is 6.75. The monoisotopic (exact) mass is 265 g/mol. The first-order valence-electron chi connectivity index (χ1n) is 5.62. The highest BCUT2D eigenvalue weighted by molar-refractivity contribution is 6.32. The molecule has 0 aliphatic carbocycles. The number of nitrogens with one attached hydrogen (secondary N) is 1. The summed E-state index contributed by atoms with van der Waals surface area (Å²) in [5, 5.41) is 3.59. The van der Waals surface area contributed by atoms with E-state index in [0.717, 1.165) is 0 Å². The Bertz CT molecular complexity index is 486. The van der Waals surface area contributed by atoms with E-state index in [1.165, 1.54) is 18.6 Å². The van der Waals surface area contributed by atoms with Crippen LogP contribution in [0.3, 0.4) is 0 Å². The standard InChI is InChI=1S/C13H13ClFN3/c1-9(6-10-4-2-3-5-12(10)15)18-13-11(14)7-16-8-17-13/h2-5,7-9H,6H2,1H3,(H,16,17,18). The molecule has 5 heteroatoms. The third kappa shape index (κ3) is 3.17. The molecule has 0 bridgehead atoms. The first-order valence-corrected chi connectivity index (χ1v) is 6.00. The molecule has 0 fully saturated rings. The molecule has 0 saturated heterocycles. The lowest BCUT2D eigenvalue weighted by molar-refractivity contribution is 0.601. The van der Waals surface area contributed by atoms with Crippen molar-refractivity contribution in [1.82, 2.24) is 9.97 Å². The van der Waals surface area contributed by atoms with Gasteiger partial charge in [0.05, 0.1) is 6.20 Å². The van der Waals surface area contributed by atoms with Gasteiger partial charge in [0.25, 0.3) is 0 Å². The fourth-order valence-corrected chi connectivity index (χ4v) is 1.86. The Morgan fingerprint density at radius 1 is 1.39 bits per heavy atom. The fourth-order valence-electron chi connectivity index (χ4n) is 1.70. The maximum absolute atomic E-state index is 13.5. The van der Waals surface area contributed by atoms with Gasteiger partial charge in [-0.1, -0.05) is 29.8 Å². The van der Waals surface area contributed by atoms with Crippen molar-refractivity contribution in [2.24, 2.45) is 0 Å². The number of benzene rings is 1. The molecular weight excluding hydrogens is 253 g/mol. The van der Waals surface area contributed by atoms with E-state index in [1.807, 2.05) is 13.0 Å². The van der Waals surface area contributed by atoms with Crippen LogP contribution in [0.1, 0.15) is 12.5 Å². The van der Waals surface area contributed by atoms with Crippen molar-refractivity contribution in [2.75, 3.05) is 5.32 Å². The van der Waals surface area contributed by atoms with E-state index in [0.29, 0.717) is 22.8 Å². The van der Waals surface area contributed by atoms with Gasteiger partial charge in [-0.15, -0.1) is 0 Å². The van der Waals surface area contributed by atoms with Crippen LogP contribution in [0.15, 0.2) is 36.8 Å². The van der Waals surface area contributed by atoms with E-state index >= 15 is 0 Å². The molecule has 1 heterocycles. The van der Waals surface area contributed by atoms with Gasteiger partial charge >= 0.3 is 0 Å². The summed E-state index contributed by atoms with van der Waals surface area (Å²) in [7, 11) is 0. The third-order valence-corrected chi connectivity index (χ3v) is 2.81. The molecule has 0 radical (unpaired) electrons. The molecule has 0 aliphatic rings. The summed E-state index contributed by atoms with van der Waals surface area (Å²) in [6.07, 6.45) is 3.50. The van der Waals surface area contributed by atoms with Gasteiger partial charge < -0.3 is 5.32 Å². The highest BCUT2D eigenvalue weighted by atomic mass is 35.5. The first-order chi connectivity index (χ1) is 8.66. The number of hydrogen-bond donors (Lipinski definition) is 1. The smallest absolute Gasteiger partial charge is 0.148 e. The van der Waals surface area contributed by atoms with Crippen molar-refractivity contribution < 1.29 is 4.39 Å². The maximum atomic E-state index is 13.5. The van der Waals surface area contributed by atoms with Crippen LogP contribution in [-0.2, 0) is 6.42 Å².